The van der Waals surface area contributed by atoms with Crippen LogP contribution >= 0.6 is 0 Å². The highest BCUT2D eigenvalue weighted by Gasteiger charge is 2.32. The molecule has 234 valence electrons. The molecule has 0 saturated heterocycles. The average Bonchev–Trinajstić information content (AvgIpc) is 2.99. The number of allylic oxidation sites excluding steroid dienone is 2. The van der Waals surface area contributed by atoms with Crippen molar-refractivity contribution in [1.29, 1.82) is 0 Å². The zero-order valence-electron chi connectivity index (χ0n) is 26.0. The van der Waals surface area contributed by atoms with Gasteiger partial charge in [0, 0.05) is 17.2 Å². The number of carboxylic acids is 1. The van der Waals surface area contributed by atoms with Gasteiger partial charge in [0.2, 0.25) is 0 Å². The smallest absolute Gasteiger partial charge is 0.348 e. The van der Waals surface area contributed by atoms with Crippen molar-refractivity contribution in [2.24, 2.45) is 0 Å². The normalized spacial score (nSPS) is 12.9. The third-order valence-electron chi connectivity index (χ3n) is 7.00. The number of carboxylic acid groups (broad SMARTS) is 1. The molecule has 45 heavy (non-hydrogen) atoms. The molecular weight excluding hydrogens is 576 g/mol. The molecule has 1 aliphatic heterocycles. The first-order valence-corrected chi connectivity index (χ1v) is 14.1. The van der Waals surface area contributed by atoms with Gasteiger partial charge in [0.15, 0.2) is 5.58 Å². The number of rotatable bonds is 7. The van der Waals surface area contributed by atoms with Gasteiger partial charge in [-0.05, 0) is 76.1 Å². The molecule has 0 aliphatic carbocycles. The molecular formula is C36H36O9. The molecule has 9 nitrogen and oxygen atoms in total. The monoisotopic (exact) mass is 612 g/mol. The van der Waals surface area contributed by atoms with Gasteiger partial charge in [-0.15, -0.1) is 0 Å². The molecule has 0 amide bonds. The highest BCUT2D eigenvalue weighted by atomic mass is 16.5. The van der Waals surface area contributed by atoms with E-state index in [4.69, 9.17) is 23.7 Å². The number of hydrogen-bond acceptors (Lipinski definition) is 8. The van der Waals surface area contributed by atoms with E-state index in [1.165, 1.54) is 25.3 Å². The number of ether oxygens (including phenoxy) is 3. The summed E-state index contributed by atoms with van der Waals surface area (Å²) < 4.78 is 22.8. The van der Waals surface area contributed by atoms with Gasteiger partial charge in [-0.3, -0.25) is 0 Å². The van der Waals surface area contributed by atoms with Crippen LogP contribution in [0.25, 0.3) is 34.2 Å². The van der Waals surface area contributed by atoms with E-state index in [1.54, 1.807) is 31.4 Å². The third-order valence-corrected chi connectivity index (χ3v) is 7.00. The van der Waals surface area contributed by atoms with E-state index in [0.717, 1.165) is 22.8 Å². The molecule has 0 unspecified atom stereocenters. The summed E-state index contributed by atoms with van der Waals surface area (Å²) in [7, 11) is 3.06. The number of fused-ring (bicyclic) bond motifs is 3. The van der Waals surface area contributed by atoms with Crippen molar-refractivity contribution < 1.29 is 38.7 Å². The second-order valence-corrected chi connectivity index (χ2v) is 11.1. The summed E-state index contributed by atoms with van der Waals surface area (Å²) >= 11 is 0. The van der Waals surface area contributed by atoms with Crippen LogP contribution in [0.15, 0.2) is 81.5 Å². The lowest BCUT2D eigenvalue weighted by Gasteiger charge is -2.31. The van der Waals surface area contributed by atoms with E-state index in [9.17, 15) is 19.8 Å². The molecule has 0 saturated carbocycles. The maximum atomic E-state index is 12.9. The number of carbonyl (C=O) groups is 1. The van der Waals surface area contributed by atoms with E-state index in [-0.39, 0.29) is 22.6 Å². The number of phenolic OH excluding ortho intramolecular Hbond substituents is 1. The lowest BCUT2D eigenvalue weighted by Crippen LogP contribution is -2.28. The summed E-state index contributed by atoms with van der Waals surface area (Å²) in [5.41, 5.74) is 2.61. The average molecular weight is 613 g/mol. The van der Waals surface area contributed by atoms with Gasteiger partial charge in [0.25, 0.3) is 0 Å². The SMILES string of the molecule is COc1c(CC=C(C)C)c2c(c3oc(=O)c(-c4ccc(O)cc4)c(O)c13)C=CC(C)(C)O2.COc1ccccc1C=CC(=O)O. The summed E-state index contributed by atoms with van der Waals surface area (Å²) in [4.78, 5) is 23.2. The number of benzene rings is 3. The summed E-state index contributed by atoms with van der Waals surface area (Å²) in [5, 5.41) is 29.6. The maximum absolute atomic E-state index is 12.9. The van der Waals surface area contributed by atoms with Crippen LogP contribution in [0.5, 0.6) is 28.7 Å². The van der Waals surface area contributed by atoms with E-state index in [1.807, 2.05) is 52.0 Å². The second kappa shape index (κ2) is 13.5. The van der Waals surface area contributed by atoms with Gasteiger partial charge in [-0.25, -0.2) is 9.59 Å². The second-order valence-electron chi connectivity index (χ2n) is 11.1. The Morgan fingerprint density at radius 3 is 2.31 bits per heavy atom. The van der Waals surface area contributed by atoms with Crippen LogP contribution in [0, 0.1) is 0 Å². The van der Waals surface area contributed by atoms with Gasteiger partial charge in [-0.2, -0.15) is 0 Å². The zero-order chi connectivity index (χ0) is 32.9. The number of aromatic hydroxyl groups is 2. The van der Waals surface area contributed by atoms with Gasteiger partial charge in [0.05, 0.1) is 19.8 Å². The van der Waals surface area contributed by atoms with E-state index >= 15 is 0 Å². The highest BCUT2D eigenvalue weighted by molar-refractivity contribution is 6.02. The highest BCUT2D eigenvalue weighted by Crippen LogP contribution is 2.49. The number of hydrogen-bond donors (Lipinski definition) is 3. The van der Waals surface area contributed by atoms with Crippen LogP contribution in [-0.4, -0.2) is 41.1 Å². The first-order chi connectivity index (χ1) is 21.4. The van der Waals surface area contributed by atoms with Crippen molar-refractivity contribution in [3.63, 3.8) is 0 Å². The van der Waals surface area contributed by atoms with Crippen LogP contribution in [-0.2, 0) is 11.2 Å². The van der Waals surface area contributed by atoms with Gasteiger partial charge in [-0.1, -0.05) is 42.0 Å². The fourth-order valence-corrected chi connectivity index (χ4v) is 4.86. The zero-order valence-corrected chi connectivity index (χ0v) is 26.0. The number of methoxy groups -OCH3 is 2. The van der Waals surface area contributed by atoms with E-state index in [0.29, 0.717) is 40.2 Å². The van der Waals surface area contributed by atoms with Crippen molar-refractivity contribution in [2.75, 3.05) is 14.2 Å². The Kier molecular flexibility index (Phi) is 9.72. The van der Waals surface area contributed by atoms with Gasteiger partial charge >= 0.3 is 11.6 Å². The Balaban J connectivity index is 0.000000297. The molecule has 0 bridgehead atoms. The van der Waals surface area contributed by atoms with Crippen LogP contribution in [0.1, 0.15) is 44.4 Å². The number of para-hydroxylation sites is 1. The van der Waals surface area contributed by atoms with Gasteiger partial charge < -0.3 is 33.9 Å². The third kappa shape index (κ3) is 7.21. The lowest BCUT2D eigenvalue weighted by atomic mass is 9.93. The summed E-state index contributed by atoms with van der Waals surface area (Å²) in [6.45, 7) is 7.89. The Morgan fingerprint density at radius 1 is 1.00 bits per heavy atom. The molecule has 5 rings (SSSR count). The van der Waals surface area contributed by atoms with Crippen LogP contribution in [0.2, 0.25) is 0 Å². The summed E-state index contributed by atoms with van der Waals surface area (Å²) in [5.74, 6) is 0.478. The minimum Gasteiger partial charge on any atom is -0.508 e. The lowest BCUT2D eigenvalue weighted by molar-refractivity contribution is -0.131. The minimum atomic E-state index is -0.967. The van der Waals surface area contributed by atoms with Crippen LogP contribution < -0.4 is 19.8 Å². The molecule has 0 radical (unpaired) electrons. The maximum Gasteiger partial charge on any atom is 0.348 e. The molecule has 3 aromatic carbocycles. The molecule has 0 fully saturated rings. The van der Waals surface area contributed by atoms with E-state index in [2.05, 4.69) is 6.08 Å². The predicted molar refractivity (Wildman–Crippen MR) is 174 cm³/mol. The first kappa shape index (κ1) is 32.5. The number of aliphatic carboxylic acids is 1. The largest absolute Gasteiger partial charge is 0.508 e. The van der Waals surface area contributed by atoms with Crippen molar-refractivity contribution in [3.05, 3.63) is 99.4 Å². The molecule has 3 N–H and O–H groups in total. The minimum absolute atomic E-state index is 0.00458. The Hall–Kier alpha value is -5.44. The molecule has 2 heterocycles. The fraction of sp³-hybridized carbons (Fsp3) is 0.222. The van der Waals surface area contributed by atoms with Crippen LogP contribution in [0.3, 0.4) is 0 Å². The standard InChI is InChI=1S/C26H26O6.C10H10O3/c1-14(2)6-11-17-22-18(12-13-26(3,4)32-22)24-20(23(17)30-5)21(28)19(25(29)31-24)15-7-9-16(27)10-8-15;1-13-9-5-3-2-4-8(9)6-7-10(11)12/h6-10,12-13,27-28H,11H2,1-5H3;2-7H,1H3,(H,11,12). The van der Waals surface area contributed by atoms with Crippen molar-refractivity contribution in [2.45, 2.75) is 39.7 Å². The van der Waals surface area contributed by atoms with Crippen molar-refractivity contribution in [1.82, 2.24) is 0 Å². The first-order valence-electron chi connectivity index (χ1n) is 14.1. The van der Waals surface area contributed by atoms with Gasteiger partial charge in [0.1, 0.15) is 45.3 Å². The topological polar surface area (TPSA) is 136 Å². The van der Waals surface area contributed by atoms with Crippen molar-refractivity contribution >= 4 is 29.1 Å². The summed E-state index contributed by atoms with van der Waals surface area (Å²) in [6, 6.07) is 13.2. The summed E-state index contributed by atoms with van der Waals surface area (Å²) in [6.07, 6.45) is 8.89. The predicted octanol–water partition coefficient (Wildman–Crippen LogP) is 7.37. The van der Waals surface area contributed by atoms with Crippen LogP contribution in [0.4, 0.5) is 0 Å². The molecule has 1 aliphatic rings. The molecule has 0 spiro atoms. The number of phenols is 1. The molecule has 0 atom stereocenters. The Morgan fingerprint density at radius 2 is 1.69 bits per heavy atom. The quantitative estimate of drug-likeness (QED) is 0.111. The molecule has 9 heteroatoms. The Bertz CT molecular complexity index is 1870. The molecule has 1 aromatic heterocycles. The Labute approximate surface area is 260 Å². The van der Waals surface area contributed by atoms with E-state index < -0.39 is 17.2 Å². The fourth-order valence-electron chi connectivity index (χ4n) is 4.86. The van der Waals surface area contributed by atoms with Crippen molar-refractivity contribution in [3.8, 4) is 39.9 Å². The molecule has 4 aromatic rings.